The smallest absolute Gasteiger partial charge is 0.253 e. The summed E-state index contributed by atoms with van der Waals surface area (Å²) in [4.78, 5) is 13.8. The number of hydrogen-bond acceptors (Lipinski definition) is 1. The van der Waals surface area contributed by atoms with Gasteiger partial charge >= 0.3 is 0 Å². The number of unbranched alkanes of at least 4 members (excludes halogenated alkanes) is 1. The number of hydrogen-bond donors (Lipinski definition) is 0. The van der Waals surface area contributed by atoms with Crippen LogP contribution < -0.4 is 0 Å². The minimum atomic E-state index is 0.0726. The third kappa shape index (κ3) is 15.0. The van der Waals surface area contributed by atoms with Gasteiger partial charge in [-0.15, -0.1) is 0 Å². The molecule has 0 aromatic rings. The summed E-state index contributed by atoms with van der Waals surface area (Å²) in [5, 5.41) is 0. The molecule has 0 saturated heterocycles. The van der Waals surface area contributed by atoms with E-state index in [4.69, 9.17) is 0 Å². The Hall–Kier alpha value is -1.05. The first-order chi connectivity index (χ1) is 9.58. The van der Waals surface area contributed by atoms with Crippen LogP contribution in [-0.2, 0) is 4.79 Å². The molecule has 0 aliphatic heterocycles. The molecule has 0 heterocycles. The van der Waals surface area contributed by atoms with Crippen LogP contribution in [0.2, 0.25) is 0 Å². The first kappa shape index (κ1) is 24.0. The monoisotopic (exact) mass is 283 g/mol. The zero-order chi connectivity index (χ0) is 16.4. The van der Waals surface area contributed by atoms with Crippen molar-refractivity contribution < 1.29 is 4.79 Å². The molecule has 0 aromatic heterocycles. The average molecular weight is 284 g/mol. The Labute approximate surface area is 127 Å². The molecule has 0 radical (unpaired) electrons. The number of rotatable bonds is 7. The fraction of sp³-hybridized carbons (Fsp3) is 0.722. The molecule has 20 heavy (non-hydrogen) atoms. The zero-order valence-corrected chi connectivity index (χ0v) is 15.0. The van der Waals surface area contributed by atoms with Gasteiger partial charge in [0, 0.05) is 18.7 Å². The number of carbonyl (C=O) groups excluding carboxylic acids is 1. The van der Waals surface area contributed by atoms with Gasteiger partial charge in [0.15, 0.2) is 0 Å². The molecule has 0 aliphatic carbocycles. The van der Waals surface area contributed by atoms with Gasteiger partial charge in [0.1, 0.15) is 0 Å². The number of allylic oxidation sites excluding steroid dienone is 1. The van der Waals surface area contributed by atoms with Gasteiger partial charge in [-0.2, -0.15) is 0 Å². The summed E-state index contributed by atoms with van der Waals surface area (Å²) in [6.07, 6.45) is 8.05. The lowest BCUT2D eigenvalue weighted by atomic mass is 10.2. The molecular weight excluding hydrogens is 246 g/mol. The topological polar surface area (TPSA) is 20.3 Å². The normalized spacial score (nSPS) is 9.15. The van der Waals surface area contributed by atoms with Crippen molar-refractivity contribution in [1.29, 1.82) is 0 Å². The van der Waals surface area contributed by atoms with E-state index in [1.165, 1.54) is 6.42 Å². The van der Waals surface area contributed by atoms with E-state index in [0.29, 0.717) is 5.57 Å². The van der Waals surface area contributed by atoms with E-state index in [2.05, 4.69) is 34.3 Å². The highest BCUT2D eigenvalue weighted by Gasteiger charge is 2.12. The predicted octanol–water partition coefficient (Wildman–Crippen LogP) is 5.60. The van der Waals surface area contributed by atoms with Crippen molar-refractivity contribution in [2.24, 2.45) is 0 Å². The Morgan fingerprint density at radius 3 is 1.90 bits per heavy atom. The maximum absolute atomic E-state index is 11.9. The number of amides is 1. The van der Waals surface area contributed by atoms with Crippen molar-refractivity contribution in [2.75, 3.05) is 13.1 Å². The largest absolute Gasteiger partial charge is 0.339 e. The second-order valence-corrected chi connectivity index (χ2v) is 4.38. The third-order valence-corrected chi connectivity index (χ3v) is 2.20. The van der Waals surface area contributed by atoms with E-state index in [-0.39, 0.29) is 5.91 Å². The summed E-state index contributed by atoms with van der Waals surface area (Å²) >= 11 is 0. The minimum Gasteiger partial charge on any atom is -0.339 e. The van der Waals surface area contributed by atoms with Crippen molar-refractivity contribution in [1.82, 2.24) is 4.90 Å². The van der Waals surface area contributed by atoms with Crippen LogP contribution in [0.15, 0.2) is 24.3 Å². The lowest BCUT2D eigenvalue weighted by Gasteiger charge is -2.22. The van der Waals surface area contributed by atoms with Crippen molar-refractivity contribution in [3.8, 4) is 0 Å². The van der Waals surface area contributed by atoms with E-state index < -0.39 is 0 Å². The van der Waals surface area contributed by atoms with E-state index in [9.17, 15) is 4.79 Å². The van der Waals surface area contributed by atoms with Gasteiger partial charge in [0.25, 0.3) is 5.91 Å². The summed E-state index contributed by atoms with van der Waals surface area (Å²) in [6, 6.07) is 0. The summed E-state index contributed by atoms with van der Waals surface area (Å²) in [5.41, 5.74) is 0.585. The molecule has 0 aliphatic rings. The SMILES string of the molecule is C=C(/C=C\C)C(=O)N(CCC)CCCC.CC.CCC. The molecule has 0 atom stereocenters. The van der Waals surface area contributed by atoms with Crippen LogP contribution in [-0.4, -0.2) is 23.9 Å². The molecule has 2 heteroatoms. The van der Waals surface area contributed by atoms with Gasteiger partial charge in [-0.25, -0.2) is 0 Å². The highest BCUT2D eigenvalue weighted by atomic mass is 16.2. The van der Waals surface area contributed by atoms with E-state index >= 15 is 0 Å². The quantitative estimate of drug-likeness (QED) is 0.440. The summed E-state index contributed by atoms with van der Waals surface area (Å²) in [7, 11) is 0. The van der Waals surface area contributed by atoms with Gasteiger partial charge in [-0.3, -0.25) is 4.79 Å². The molecule has 0 spiro atoms. The zero-order valence-electron chi connectivity index (χ0n) is 15.0. The van der Waals surface area contributed by atoms with E-state index in [1.807, 2.05) is 31.7 Å². The van der Waals surface area contributed by atoms with E-state index in [1.54, 1.807) is 6.08 Å². The first-order valence-electron chi connectivity index (χ1n) is 8.19. The van der Waals surface area contributed by atoms with Gasteiger partial charge in [-0.1, -0.05) is 73.1 Å². The Balaban J connectivity index is -0.000000505. The molecule has 0 bridgehead atoms. The molecule has 0 unspecified atom stereocenters. The predicted molar refractivity (Wildman–Crippen MR) is 93.0 cm³/mol. The Kier molecular flexibility index (Phi) is 24.3. The molecule has 1 amide bonds. The van der Waals surface area contributed by atoms with Crippen LogP contribution in [0.3, 0.4) is 0 Å². The second-order valence-electron chi connectivity index (χ2n) is 4.38. The third-order valence-electron chi connectivity index (χ3n) is 2.20. The van der Waals surface area contributed by atoms with Crippen molar-refractivity contribution >= 4 is 5.91 Å². The number of nitrogens with zero attached hydrogens (tertiary/aromatic N) is 1. The van der Waals surface area contributed by atoms with Gasteiger partial charge in [0.2, 0.25) is 0 Å². The highest BCUT2D eigenvalue weighted by Crippen LogP contribution is 2.05. The van der Waals surface area contributed by atoms with Crippen LogP contribution in [0.1, 0.15) is 74.1 Å². The molecule has 0 N–H and O–H groups in total. The first-order valence-corrected chi connectivity index (χ1v) is 8.19. The number of carbonyl (C=O) groups is 1. The van der Waals surface area contributed by atoms with Crippen LogP contribution in [0.5, 0.6) is 0 Å². The van der Waals surface area contributed by atoms with Crippen molar-refractivity contribution in [3.05, 3.63) is 24.3 Å². The maximum atomic E-state index is 11.9. The fourth-order valence-corrected chi connectivity index (χ4v) is 1.41. The molecule has 0 fully saturated rings. The summed E-state index contributed by atoms with van der Waals surface area (Å²) in [5.74, 6) is 0.0726. The van der Waals surface area contributed by atoms with Crippen LogP contribution in [0.4, 0.5) is 0 Å². The summed E-state index contributed by atoms with van der Waals surface area (Å²) < 4.78 is 0. The van der Waals surface area contributed by atoms with Gasteiger partial charge in [0.05, 0.1) is 0 Å². The van der Waals surface area contributed by atoms with Gasteiger partial charge in [-0.05, 0) is 19.8 Å². The molecule has 0 saturated carbocycles. The molecule has 0 aromatic carbocycles. The fourth-order valence-electron chi connectivity index (χ4n) is 1.41. The molecule has 120 valence electrons. The molecular formula is C18H37NO. The van der Waals surface area contributed by atoms with Crippen molar-refractivity contribution in [2.45, 2.75) is 74.1 Å². The average Bonchev–Trinajstić information content (AvgIpc) is 2.46. The van der Waals surface area contributed by atoms with Crippen molar-refractivity contribution in [3.63, 3.8) is 0 Å². The lowest BCUT2D eigenvalue weighted by Crippen LogP contribution is -2.33. The second kappa shape index (κ2) is 20.3. The molecule has 2 nitrogen and oxygen atoms in total. The Morgan fingerprint density at radius 2 is 1.55 bits per heavy atom. The standard InChI is InChI=1S/C13H23NO.C3H8.C2H6/c1-5-8-11-14(10-7-3)13(15)12(4)9-6-2;1-3-2;1-2/h6,9H,4-5,7-8,10-11H2,1-3H3;3H2,1-2H3;1-2H3/b9-6-;;. The Morgan fingerprint density at radius 1 is 1.05 bits per heavy atom. The maximum Gasteiger partial charge on any atom is 0.253 e. The Bertz CT molecular complexity index is 244. The van der Waals surface area contributed by atoms with Crippen LogP contribution in [0, 0.1) is 0 Å². The van der Waals surface area contributed by atoms with E-state index in [0.717, 1.165) is 32.4 Å². The van der Waals surface area contributed by atoms with Crippen LogP contribution >= 0.6 is 0 Å². The highest BCUT2D eigenvalue weighted by molar-refractivity contribution is 5.95. The molecule has 0 rings (SSSR count). The minimum absolute atomic E-state index is 0.0726. The van der Waals surface area contributed by atoms with Gasteiger partial charge < -0.3 is 4.90 Å². The summed E-state index contributed by atoms with van der Waals surface area (Å²) in [6.45, 7) is 19.8. The van der Waals surface area contributed by atoms with Crippen LogP contribution in [0.25, 0.3) is 0 Å². The lowest BCUT2D eigenvalue weighted by molar-refractivity contribution is -0.126.